The maximum Gasteiger partial charge on any atom is 0.230 e. The van der Waals surface area contributed by atoms with Gasteiger partial charge in [0.05, 0.1) is 5.41 Å². The Morgan fingerprint density at radius 3 is 2.61 bits per heavy atom. The van der Waals surface area contributed by atoms with E-state index in [4.69, 9.17) is 5.73 Å². The minimum Gasteiger partial charge on any atom is -0.339 e. The lowest BCUT2D eigenvalue weighted by molar-refractivity contribution is -0.152. The van der Waals surface area contributed by atoms with E-state index < -0.39 is 0 Å². The van der Waals surface area contributed by atoms with Crippen molar-refractivity contribution >= 4 is 5.91 Å². The number of rotatable bonds is 3. The first-order chi connectivity index (χ1) is 8.63. The van der Waals surface area contributed by atoms with Gasteiger partial charge in [-0.15, -0.1) is 0 Å². The Bertz CT molecular complexity index is 297. The van der Waals surface area contributed by atoms with E-state index in [-0.39, 0.29) is 5.41 Å². The normalized spacial score (nSPS) is 36.9. The van der Waals surface area contributed by atoms with Crippen LogP contribution in [0.15, 0.2) is 0 Å². The molecule has 18 heavy (non-hydrogen) atoms. The lowest BCUT2D eigenvalue weighted by Crippen LogP contribution is -2.56. The number of carbonyl (C=O) groups excluding carboxylic acids is 1. The number of likely N-dealkylation sites (tertiary alicyclic amines) is 1. The molecule has 1 unspecified atom stereocenters. The molecule has 2 aliphatic rings. The van der Waals surface area contributed by atoms with Crippen molar-refractivity contribution in [2.45, 2.75) is 64.8 Å². The SMILES string of the molecule is CCC1CCCCCN1C(=O)C1(CN)CC(C)C1. The Balaban J connectivity index is 2.10. The number of hydrogen-bond donors (Lipinski definition) is 1. The van der Waals surface area contributed by atoms with Crippen molar-refractivity contribution in [3.63, 3.8) is 0 Å². The van der Waals surface area contributed by atoms with Gasteiger partial charge < -0.3 is 10.6 Å². The van der Waals surface area contributed by atoms with Gasteiger partial charge in [-0.1, -0.05) is 26.7 Å². The molecule has 3 heteroatoms. The van der Waals surface area contributed by atoms with Gasteiger partial charge in [-0.25, -0.2) is 0 Å². The summed E-state index contributed by atoms with van der Waals surface area (Å²) < 4.78 is 0. The number of amides is 1. The van der Waals surface area contributed by atoms with Crippen LogP contribution in [0, 0.1) is 11.3 Å². The van der Waals surface area contributed by atoms with Gasteiger partial charge in [0, 0.05) is 19.1 Å². The molecule has 2 rings (SSSR count). The summed E-state index contributed by atoms with van der Waals surface area (Å²) in [4.78, 5) is 15.0. The molecular weight excluding hydrogens is 224 g/mol. The fraction of sp³-hybridized carbons (Fsp3) is 0.933. The van der Waals surface area contributed by atoms with Crippen LogP contribution in [0.2, 0.25) is 0 Å². The predicted octanol–water partition coefficient (Wildman–Crippen LogP) is 2.54. The van der Waals surface area contributed by atoms with Crippen molar-refractivity contribution in [2.75, 3.05) is 13.1 Å². The zero-order valence-electron chi connectivity index (χ0n) is 12.0. The van der Waals surface area contributed by atoms with Gasteiger partial charge in [-0.05, 0) is 38.0 Å². The molecule has 0 aromatic carbocycles. The van der Waals surface area contributed by atoms with Crippen LogP contribution in [0.25, 0.3) is 0 Å². The van der Waals surface area contributed by atoms with E-state index in [9.17, 15) is 4.79 Å². The van der Waals surface area contributed by atoms with E-state index in [2.05, 4.69) is 18.7 Å². The largest absolute Gasteiger partial charge is 0.339 e. The van der Waals surface area contributed by atoms with Crippen LogP contribution in [0.1, 0.15) is 58.8 Å². The summed E-state index contributed by atoms with van der Waals surface area (Å²) >= 11 is 0. The van der Waals surface area contributed by atoms with Gasteiger partial charge >= 0.3 is 0 Å². The summed E-state index contributed by atoms with van der Waals surface area (Å²) in [5.41, 5.74) is 5.71. The van der Waals surface area contributed by atoms with E-state index in [0.29, 0.717) is 24.4 Å². The molecular formula is C15H28N2O. The summed E-state index contributed by atoms with van der Waals surface area (Å²) in [6.07, 6.45) is 7.96. The molecule has 1 aliphatic carbocycles. The Labute approximate surface area is 111 Å². The highest BCUT2D eigenvalue weighted by Gasteiger charge is 2.49. The van der Waals surface area contributed by atoms with Gasteiger partial charge in [0.2, 0.25) is 5.91 Å². The standard InChI is InChI=1S/C15H28N2O/c1-3-13-7-5-4-6-8-17(13)14(18)15(11-16)9-12(2)10-15/h12-13H,3-11,16H2,1-2H3. The molecule has 0 aromatic rings. The van der Waals surface area contributed by atoms with Crippen molar-refractivity contribution in [2.24, 2.45) is 17.1 Å². The fourth-order valence-corrected chi connectivity index (χ4v) is 3.88. The maximum atomic E-state index is 12.8. The summed E-state index contributed by atoms with van der Waals surface area (Å²) in [5.74, 6) is 1.03. The first-order valence-corrected chi connectivity index (χ1v) is 7.64. The minimum atomic E-state index is -0.211. The average molecular weight is 252 g/mol. The summed E-state index contributed by atoms with van der Waals surface area (Å²) in [7, 11) is 0. The monoisotopic (exact) mass is 252 g/mol. The Kier molecular flexibility index (Phi) is 4.31. The summed E-state index contributed by atoms with van der Waals surface area (Å²) in [6.45, 7) is 5.91. The highest BCUT2D eigenvalue weighted by Crippen LogP contribution is 2.46. The predicted molar refractivity (Wildman–Crippen MR) is 74.1 cm³/mol. The summed E-state index contributed by atoms with van der Waals surface area (Å²) in [6, 6.07) is 0.458. The van der Waals surface area contributed by atoms with Crippen molar-refractivity contribution < 1.29 is 4.79 Å². The Hall–Kier alpha value is -0.570. The smallest absolute Gasteiger partial charge is 0.230 e. The Morgan fingerprint density at radius 1 is 1.33 bits per heavy atom. The third-order valence-corrected chi connectivity index (χ3v) is 4.93. The molecule has 1 saturated heterocycles. The average Bonchev–Trinajstić information content (AvgIpc) is 2.58. The van der Waals surface area contributed by atoms with Crippen LogP contribution in [0.5, 0.6) is 0 Å². The first-order valence-electron chi connectivity index (χ1n) is 7.64. The quantitative estimate of drug-likeness (QED) is 0.839. The lowest BCUT2D eigenvalue weighted by Gasteiger charge is -2.48. The third-order valence-electron chi connectivity index (χ3n) is 4.93. The van der Waals surface area contributed by atoms with Gasteiger partial charge in [-0.2, -0.15) is 0 Å². The van der Waals surface area contributed by atoms with Crippen LogP contribution in [0.3, 0.4) is 0 Å². The molecule has 2 N–H and O–H groups in total. The summed E-state index contributed by atoms with van der Waals surface area (Å²) in [5, 5.41) is 0. The molecule has 0 radical (unpaired) electrons. The second-order valence-electron chi connectivity index (χ2n) is 6.41. The number of carbonyl (C=O) groups is 1. The van der Waals surface area contributed by atoms with Crippen LogP contribution in [0.4, 0.5) is 0 Å². The van der Waals surface area contributed by atoms with Crippen molar-refractivity contribution in [3.05, 3.63) is 0 Å². The van der Waals surface area contributed by atoms with E-state index in [0.717, 1.165) is 25.8 Å². The van der Waals surface area contributed by atoms with Crippen LogP contribution >= 0.6 is 0 Å². The molecule has 1 aliphatic heterocycles. The molecule has 0 bridgehead atoms. The number of nitrogens with two attached hydrogens (primary N) is 1. The van der Waals surface area contributed by atoms with E-state index in [1.807, 2.05) is 0 Å². The second-order valence-corrected chi connectivity index (χ2v) is 6.41. The van der Waals surface area contributed by atoms with Crippen molar-refractivity contribution in [3.8, 4) is 0 Å². The first kappa shape index (κ1) is 13.9. The topological polar surface area (TPSA) is 46.3 Å². The van der Waals surface area contributed by atoms with Gasteiger partial charge in [-0.3, -0.25) is 4.79 Å². The van der Waals surface area contributed by atoms with Gasteiger partial charge in [0.15, 0.2) is 0 Å². The lowest BCUT2D eigenvalue weighted by atomic mass is 9.61. The molecule has 0 spiro atoms. The zero-order chi connectivity index (χ0) is 13.2. The molecule has 0 aromatic heterocycles. The van der Waals surface area contributed by atoms with Gasteiger partial charge in [0.25, 0.3) is 0 Å². The van der Waals surface area contributed by atoms with Crippen LogP contribution < -0.4 is 5.73 Å². The molecule has 1 atom stereocenters. The van der Waals surface area contributed by atoms with Crippen molar-refractivity contribution in [1.82, 2.24) is 4.90 Å². The minimum absolute atomic E-state index is 0.211. The van der Waals surface area contributed by atoms with E-state index in [1.165, 1.54) is 25.7 Å². The number of hydrogen-bond acceptors (Lipinski definition) is 2. The van der Waals surface area contributed by atoms with E-state index in [1.54, 1.807) is 0 Å². The van der Waals surface area contributed by atoms with Crippen LogP contribution in [-0.4, -0.2) is 29.9 Å². The molecule has 1 saturated carbocycles. The Morgan fingerprint density at radius 2 is 2.06 bits per heavy atom. The maximum absolute atomic E-state index is 12.8. The highest BCUT2D eigenvalue weighted by atomic mass is 16.2. The zero-order valence-corrected chi connectivity index (χ0v) is 12.0. The fourth-order valence-electron chi connectivity index (χ4n) is 3.88. The van der Waals surface area contributed by atoms with E-state index >= 15 is 0 Å². The molecule has 104 valence electrons. The molecule has 1 heterocycles. The highest BCUT2D eigenvalue weighted by molar-refractivity contribution is 5.84. The second kappa shape index (κ2) is 5.60. The van der Waals surface area contributed by atoms with Crippen molar-refractivity contribution in [1.29, 1.82) is 0 Å². The molecule has 1 amide bonds. The third kappa shape index (κ3) is 2.42. The van der Waals surface area contributed by atoms with Gasteiger partial charge in [0.1, 0.15) is 0 Å². The van der Waals surface area contributed by atoms with Crippen LogP contribution in [-0.2, 0) is 4.79 Å². The molecule has 2 fully saturated rings. The molecule has 3 nitrogen and oxygen atoms in total. The number of nitrogens with zero attached hydrogens (tertiary/aromatic N) is 1.